The van der Waals surface area contributed by atoms with Crippen LogP contribution < -0.4 is 0 Å². The zero-order valence-corrected chi connectivity index (χ0v) is 12.1. The monoisotopic (exact) mass is 253 g/mol. The number of nitrogens with zero attached hydrogens (tertiary/aromatic N) is 1. The van der Waals surface area contributed by atoms with E-state index in [9.17, 15) is 0 Å². The summed E-state index contributed by atoms with van der Waals surface area (Å²) in [5.41, 5.74) is 2.61. The average molecular weight is 254 g/mol. The molecule has 0 N–H and O–H groups in total. The molecular weight excluding hydrogens is 230 g/mol. The van der Waals surface area contributed by atoms with E-state index < -0.39 is 0 Å². The van der Waals surface area contributed by atoms with Gasteiger partial charge in [0.15, 0.2) is 0 Å². The lowest BCUT2D eigenvalue weighted by Gasteiger charge is -2.26. The van der Waals surface area contributed by atoms with E-state index in [0.29, 0.717) is 0 Å². The highest BCUT2D eigenvalue weighted by Crippen LogP contribution is 2.18. The van der Waals surface area contributed by atoms with E-state index >= 15 is 0 Å². The molecule has 0 aromatic heterocycles. The third-order valence-corrected chi connectivity index (χ3v) is 3.17. The number of halogens is 1. The second kappa shape index (κ2) is 7.73. The van der Waals surface area contributed by atoms with E-state index in [4.69, 9.17) is 11.6 Å². The van der Waals surface area contributed by atoms with E-state index in [1.807, 2.05) is 19.9 Å². The van der Waals surface area contributed by atoms with Gasteiger partial charge in [0.2, 0.25) is 0 Å². The predicted molar refractivity (Wildman–Crippen MR) is 76.7 cm³/mol. The van der Waals surface area contributed by atoms with Gasteiger partial charge in [-0.2, -0.15) is 0 Å². The summed E-state index contributed by atoms with van der Waals surface area (Å²) < 4.78 is 0. The van der Waals surface area contributed by atoms with Crippen LogP contribution in [0, 0.1) is 6.92 Å². The van der Waals surface area contributed by atoms with E-state index in [1.54, 1.807) is 0 Å². The molecule has 0 aliphatic carbocycles. The fourth-order valence-electron chi connectivity index (χ4n) is 2.28. The van der Waals surface area contributed by atoms with Crippen LogP contribution in [0.3, 0.4) is 0 Å². The average Bonchev–Trinajstić information content (AvgIpc) is 2.31. The van der Waals surface area contributed by atoms with Gasteiger partial charge in [0.05, 0.1) is 0 Å². The first kappa shape index (κ1) is 14.5. The Morgan fingerprint density at radius 1 is 1.06 bits per heavy atom. The van der Waals surface area contributed by atoms with Crippen molar-refractivity contribution in [2.75, 3.05) is 13.1 Å². The first-order chi connectivity index (χ1) is 8.24. The maximum Gasteiger partial charge on any atom is 0.0411 e. The Hall–Kier alpha value is -0.530. The van der Waals surface area contributed by atoms with Crippen molar-refractivity contribution in [3.63, 3.8) is 0 Å². The molecule has 17 heavy (non-hydrogen) atoms. The van der Waals surface area contributed by atoms with Crippen LogP contribution in [0.25, 0.3) is 0 Å². The molecule has 0 radical (unpaired) electrons. The second-order valence-corrected chi connectivity index (χ2v) is 4.91. The lowest BCUT2D eigenvalue weighted by molar-refractivity contribution is 0.221. The van der Waals surface area contributed by atoms with Gasteiger partial charge in [-0.05, 0) is 56.1 Å². The summed E-state index contributed by atoms with van der Waals surface area (Å²) in [7, 11) is 0. The standard InChI is InChI=1S/C13H18ClN.C2H6/c1-11-7-12(9-13(14)8-11)10-15-5-3-2-4-6-15;1-2/h7-9H,2-6,10H2,1H3;1-2H3. The molecule has 1 aromatic rings. The highest BCUT2D eigenvalue weighted by Gasteiger charge is 2.10. The highest BCUT2D eigenvalue weighted by atomic mass is 35.5. The van der Waals surface area contributed by atoms with Crippen LogP contribution in [0.1, 0.15) is 44.2 Å². The normalized spacial score (nSPS) is 16.2. The minimum Gasteiger partial charge on any atom is -0.299 e. The maximum absolute atomic E-state index is 6.05. The van der Waals surface area contributed by atoms with Gasteiger partial charge in [0.25, 0.3) is 0 Å². The lowest BCUT2D eigenvalue weighted by Crippen LogP contribution is -2.29. The molecule has 0 atom stereocenters. The molecule has 96 valence electrons. The molecule has 0 amide bonds. The predicted octanol–water partition coefficient (Wildman–Crippen LogP) is 4.66. The van der Waals surface area contributed by atoms with Gasteiger partial charge in [-0.15, -0.1) is 0 Å². The van der Waals surface area contributed by atoms with Crippen molar-refractivity contribution in [1.29, 1.82) is 0 Å². The summed E-state index contributed by atoms with van der Waals surface area (Å²) in [5, 5.41) is 0.863. The largest absolute Gasteiger partial charge is 0.299 e. The number of piperidine rings is 1. The van der Waals surface area contributed by atoms with Crippen LogP contribution in [0.2, 0.25) is 5.02 Å². The lowest BCUT2D eigenvalue weighted by atomic mass is 10.1. The highest BCUT2D eigenvalue weighted by molar-refractivity contribution is 6.30. The van der Waals surface area contributed by atoms with Gasteiger partial charge in [-0.25, -0.2) is 0 Å². The van der Waals surface area contributed by atoms with E-state index in [0.717, 1.165) is 11.6 Å². The van der Waals surface area contributed by atoms with Crippen molar-refractivity contribution in [3.05, 3.63) is 34.3 Å². The second-order valence-electron chi connectivity index (χ2n) is 4.47. The number of rotatable bonds is 2. The molecule has 1 aromatic carbocycles. The summed E-state index contributed by atoms with van der Waals surface area (Å²) in [5.74, 6) is 0. The van der Waals surface area contributed by atoms with Crippen LogP contribution in [-0.4, -0.2) is 18.0 Å². The van der Waals surface area contributed by atoms with Gasteiger partial charge >= 0.3 is 0 Å². The molecule has 1 fully saturated rings. The van der Waals surface area contributed by atoms with Gasteiger partial charge in [-0.3, -0.25) is 4.90 Å². The van der Waals surface area contributed by atoms with Crippen molar-refractivity contribution >= 4 is 11.6 Å². The van der Waals surface area contributed by atoms with Gasteiger partial charge in [0.1, 0.15) is 0 Å². The topological polar surface area (TPSA) is 3.24 Å². The molecule has 1 aliphatic rings. The van der Waals surface area contributed by atoms with E-state index in [-0.39, 0.29) is 0 Å². The van der Waals surface area contributed by atoms with Crippen molar-refractivity contribution in [1.82, 2.24) is 4.90 Å². The molecule has 1 heterocycles. The number of likely N-dealkylation sites (tertiary alicyclic amines) is 1. The Balaban J connectivity index is 0.000000686. The molecule has 2 rings (SSSR count). The Labute approximate surface area is 111 Å². The fourth-order valence-corrected chi connectivity index (χ4v) is 2.59. The zero-order chi connectivity index (χ0) is 12.7. The van der Waals surface area contributed by atoms with Gasteiger partial charge in [0, 0.05) is 11.6 Å². The fraction of sp³-hybridized carbons (Fsp3) is 0.600. The molecule has 0 unspecified atom stereocenters. The van der Waals surface area contributed by atoms with E-state index in [1.165, 1.54) is 43.5 Å². The van der Waals surface area contributed by atoms with Gasteiger partial charge in [-0.1, -0.05) is 37.9 Å². The summed E-state index contributed by atoms with van der Waals surface area (Å²) >= 11 is 6.05. The van der Waals surface area contributed by atoms with Crippen molar-refractivity contribution < 1.29 is 0 Å². The third kappa shape index (κ3) is 5.10. The third-order valence-electron chi connectivity index (χ3n) is 2.96. The number of hydrogen-bond acceptors (Lipinski definition) is 1. The first-order valence-corrected chi connectivity index (χ1v) is 7.10. The molecule has 2 heteroatoms. The minimum absolute atomic E-state index is 0.863. The van der Waals surface area contributed by atoms with E-state index in [2.05, 4.69) is 24.0 Å². The molecule has 0 spiro atoms. The molecule has 0 bridgehead atoms. The quantitative estimate of drug-likeness (QED) is 0.741. The Kier molecular flexibility index (Phi) is 6.61. The Morgan fingerprint density at radius 3 is 2.29 bits per heavy atom. The molecule has 0 saturated carbocycles. The summed E-state index contributed by atoms with van der Waals surface area (Å²) in [6.07, 6.45) is 4.09. The summed E-state index contributed by atoms with van der Waals surface area (Å²) in [6, 6.07) is 6.34. The van der Waals surface area contributed by atoms with Crippen molar-refractivity contribution in [2.24, 2.45) is 0 Å². The summed E-state index contributed by atoms with van der Waals surface area (Å²) in [4.78, 5) is 2.52. The minimum atomic E-state index is 0.863. The van der Waals surface area contributed by atoms with Crippen molar-refractivity contribution in [2.45, 2.75) is 46.6 Å². The smallest absolute Gasteiger partial charge is 0.0411 e. The maximum atomic E-state index is 6.05. The SMILES string of the molecule is CC.Cc1cc(Cl)cc(CN2CCCCC2)c1. The molecule has 1 nitrogen and oxygen atoms in total. The number of benzene rings is 1. The van der Waals surface area contributed by atoms with Crippen molar-refractivity contribution in [3.8, 4) is 0 Å². The van der Waals surface area contributed by atoms with Crippen LogP contribution in [-0.2, 0) is 6.54 Å². The Morgan fingerprint density at radius 2 is 1.71 bits per heavy atom. The molecular formula is C15H24ClN. The Bertz CT molecular complexity index is 309. The number of aryl methyl sites for hydroxylation is 1. The zero-order valence-electron chi connectivity index (χ0n) is 11.3. The molecule has 1 saturated heterocycles. The summed E-state index contributed by atoms with van der Waals surface area (Å²) in [6.45, 7) is 9.64. The first-order valence-electron chi connectivity index (χ1n) is 6.72. The number of hydrogen-bond donors (Lipinski definition) is 0. The molecule has 1 aliphatic heterocycles. The van der Waals surface area contributed by atoms with Crippen LogP contribution in [0.4, 0.5) is 0 Å². The van der Waals surface area contributed by atoms with Gasteiger partial charge < -0.3 is 0 Å². The van der Waals surface area contributed by atoms with Crippen LogP contribution in [0.15, 0.2) is 18.2 Å². The van der Waals surface area contributed by atoms with Crippen LogP contribution in [0.5, 0.6) is 0 Å². The van der Waals surface area contributed by atoms with Crippen LogP contribution >= 0.6 is 11.6 Å².